The molecule has 5 heteroatoms. The lowest BCUT2D eigenvalue weighted by molar-refractivity contribution is -0.140. The van der Waals surface area contributed by atoms with E-state index in [1.807, 2.05) is 48.5 Å². The molecule has 0 aliphatic heterocycles. The maximum absolute atomic E-state index is 12.3. The molecule has 0 aromatic heterocycles. The Labute approximate surface area is 164 Å². The van der Waals surface area contributed by atoms with Crippen molar-refractivity contribution < 1.29 is 14.6 Å². The fourth-order valence-electron chi connectivity index (χ4n) is 2.94. The molecule has 26 heavy (non-hydrogen) atoms. The van der Waals surface area contributed by atoms with Gasteiger partial charge in [-0.25, -0.2) is 0 Å². The molecule has 0 heterocycles. The number of hydrogen-bond donors (Lipinski definition) is 1. The summed E-state index contributed by atoms with van der Waals surface area (Å²) in [6.07, 6.45) is 1.07. The molecule has 0 amide bonds. The van der Waals surface area contributed by atoms with Gasteiger partial charge in [0, 0.05) is 10.8 Å². The number of carboxylic acid groups (broad SMARTS) is 1. The standard InChI is InChI=1S/C21H25ClO3S/c1-15(2)12-21(20(23)24,13-16-4-8-18(22)9-5-16)26-14-17-6-10-19(25-3)11-7-17/h4-11,15H,12-14H2,1-3H3,(H,23,24). The van der Waals surface area contributed by atoms with Gasteiger partial charge in [-0.15, -0.1) is 11.8 Å². The van der Waals surface area contributed by atoms with Crippen LogP contribution < -0.4 is 4.74 Å². The Morgan fingerprint density at radius 2 is 1.69 bits per heavy atom. The number of carbonyl (C=O) groups is 1. The van der Waals surface area contributed by atoms with E-state index in [0.717, 1.165) is 16.9 Å². The summed E-state index contributed by atoms with van der Waals surface area (Å²) in [4.78, 5) is 12.3. The number of aliphatic carboxylic acids is 1. The zero-order chi connectivity index (χ0) is 19.2. The van der Waals surface area contributed by atoms with Crippen molar-refractivity contribution in [3.63, 3.8) is 0 Å². The summed E-state index contributed by atoms with van der Waals surface area (Å²) in [7, 11) is 1.63. The molecule has 0 aliphatic carbocycles. The van der Waals surface area contributed by atoms with Gasteiger partial charge in [-0.1, -0.05) is 49.7 Å². The van der Waals surface area contributed by atoms with E-state index >= 15 is 0 Å². The second-order valence-electron chi connectivity index (χ2n) is 6.84. The van der Waals surface area contributed by atoms with E-state index in [1.54, 1.807) is 7.11 Å². The second-order valence-corrected chi connectivity index (χ2v) is 8.63. The van der Waals surface area contributed by atoms with Crippen LogP contribution in [-0.4, -0.2) is 22.9 Å². The lowest BCUT2D eigenvalue weighted by Crippen LogP contribution is -2.39. The van der Waals surface area contributed by atoms with Gasteiger partial charge < -0.3 is 9.84 Å². The summed E-state index contributed by atoms with van der Waals surface area (Å²) < 4.78 is 4.31. The van der Waals surface area contributed by atoms with Gasteiger partial charge in [0.1, 0.15) is 10.5 Å². The van der Waals surface area contributed by atoms with E-state index in [0.29, 0.717) is 23.6 Å². The zero-order valence-corrected chi connectivity index (χ0v) is 16.9. The number of thioether (sulfide) groups is 1. The number of halogens is 1. The summed E-state index contributed by atoms with van der Waals surface area (Å²) in [5.74, 6) is 0.949. The quantitative estimate of drug-likeness (QED) is 0.595. The fourth-order valence-corrected chi connectivity index (χ4v) is 4.55. The van der Waals surface area contributed by atoms with Gasteiger partial charge >= 0.3 is 5.97 Å². The molecule has 140 valence electrons. The Kier molecular flexibility index (Phi) is 7.42. The van der Waals surface area contributed by atoms with Crippen LogP contribution in [0.2, 0.25) is 5.02 Å². The number of rotatable bonds is 9. The Morgan fingerprint density at radius 1 is 1.12 bits per heavy atom. The van der Waals surface area contributed by atoms with E-state index in [4.69, 9.17) is 16.3 Å². The molecule has 0 radical (unpaired) electrons. The summed E-state index contributed by atoms with van der Waals surface area (Å²) in [6.45, 7) is 4.13. The van der Waals surface area contributed by atoms with Crippen molar-refractivity contribution in [2.24, 2.45) is 5.92 Å². The first-order valence-corrected chi connectivity index (χ1v) is 9.96. The molecule has 0 saturated carbocycles. The van der Waals surface area contributed by atoms with Crippen LogP contribution in [0.5, 0.6) is 5.75 Å². The first kappa shape index (κ1) is 20.7. The minimum Gasteiger partial charge on any atom is -0.497 e. The molecule has 1 N–H and O–H groups in total. The van der Waals surface area contributed by atoms with Crippen molar-refractivity contribution in [3.05, 3.63) is 64.7 Å². The highest BCUT2D eigenvalue weighted by molar-refractivity contribution is 8.00. The number of ether oxygens (including phenoxy) is 1. The smallest absolute Gasteiger partial charge is 0.320 e. The molecule has 2 aromatic rings. The maximum atomic E-state index is 12.3. The third kappa shape index (κ3) is 5.68. The van der Waals surface area contributed by atoms with Gasteiger partial charge in [-0.2, -0.15) is 0 Å². The third-order valence-electron chi connectivity index (χ3n) is 4.20. The molecule has 0 saturated heterocycles. The van der Waals surface area contributed by atoms with Crippen LogP contribution in [0.4, 0.5) is 0 Å². The normalized spacial score (nSPS) is 13.4. The Hall–Kier alpha value is -1.65. The largest absolute Gasteiger partial charge is 0.497 e. The van der Waals surface area contributed by atoms with Crippen molar-refractivity contribution >= 4 is 29.3 Å². The maximum Gasteiger partial charge on any atom is 0.320 e. The molecular weight excluding hydrogens is 368 g/mol. The van der Waals surface area contributed by atoms with Gasteiger partial charge in [-0.3, -0.25) is 4.79 Å². The third-order valence-corrected chi connectivity index (χ3v) is 5.97. The Balaban J connectivity index is 2.22. The average Bonchev–Trinajstić information content (AvgIpc) is 2.61. The van der Waals surface area contributed by atoms with Crippen LogP contribution in [0.3, 0.4) is 0 Å². The average molecular weight is 393 g/mol. The van der Waals surface area contributed by atoms with Crippen LogP contribution >= 0.6 is 23.4 Å². The summed E-state index contributed by atoms with van der Waals surface area (Å²) in [5.41, 5.74) is 2.07. The van der Waals surface area contributed by atoms with E-state index < -0.39 is 10.7 Å². The van der Waals surface area contributed by atoms with E-state index in [-0.39, 0.29) is 5.92 Å². The van der Waals surface area contributed by atoms with Gasteiger partial charge in [0.25, 0.3) is 0 Å². The SMILES string of the molecule is COc1ccc(CSC(Cc2ccc(Cl)cc2)(CC(C)C)C(=O)O)cc1. The molecule has 1 unspecified atom stereocenters. The van der Waals surface area contributed by atoms with Crippen molar-refractivity contribution in [1.29, 1.82) is 0 Å². The van der Waals surface area contributed by atoms with Crippen LogP contribution in [0.1, 0.15) is 31.4 Å². The van der Waals surface area contributed by atoms with Crippen LogP contribution in [0.25, 0.3) is 0 Å². The van der Waals surface area contributed by atoms with Gasteiger partial charge in [0.2, 0.25) is 0 Å². The molecule has 0 aliphatic rings. The van der Waals surface area contributed by atoms with Crippen molar-refractivity contribution in [1.82, 2.24) is 0 Å². The number of carboxylic acids is 1. The van der Waals surface area contributed by atoms with Crippen molar-refractivity contribution in [3.8, 4) is 5.75 Å². The Bertz CT molecular complexity index is 713. The lowest BCUT2D eigenvalue weighted by atomic mass is 9.90. The molecule has 0 bridgehead atoms. The second kappa shape index (κ2) is 9.33. The van der Waals surface area contributed by atoms with Gasteiger partial charge in [0.05, 0.1) is 7.11 Å². The molecule has 3 nitrogen and oxygen atoms in total. The molecular formula is C21H25ClO3S. The molecule has 0 fully saturated rings. The number of benzene rings is 2. The highest BCUT2D eigenvalue weighted by atomic mass is 35.5. The zero-order valence-electron chi connectivity index (χ0n) is 15.4. The molecule has 0 spiro atoms. The van der Waals surface area contributed by atoms with Crippen molar-refractivity contribution in [2.75, 3.05) is 7.11 Å². The van der Waals surface area contributed by atoms with E-state index in [9.17, 15) is 9.90 Å². The number of hydrogen-bond acceptors (Lipinski definition) is 3. The minimum absolute atomic E-state index is 0.279. The predicted octanol–water partition coefficient (Wildman–Crippen LogP) is 5.69. The predicted molar refractivity (Wildman–Crippen MR) is 109 cm³/mol. The highest BCUT2D eigenvalue weighted by Gasteiger charge is 2.39. The molecule has 2 rings (SSSR count). The lowest BCUT2D eigenvalue weighted by Gasteiger charge is -2.31. The van der Waals surface area contributed by atoms with Crippen molar-refractivity contribution in [2.45, 2.75) is 37.2 Å². The summed E-state index contributed by atoms with van der Waals surface area (Å²) in [5, 5.41) is 10.7. The van der Waals surface area contributed by atoms with Gasteiger partial charge in [-0.05, 0) is 54.2 Å². The monoisotopic (exact) mass is 392 g/mol. The topological polar surface area (TPSA) is 46.5 Å². The van der Waals surface area contributed by atoms with Crippen LogP contribution in [-0.2, 0) is 17.0 Å². The molecule has 2 aromatic carbocycles. The summed E-state index contributed by atoms with van der Waals surface area (Å²) >= 11 is 7.46. The number of methoxy groups -OCH3 is 1. The molecule has 1 atom stereocenters. The minimum atomic E-state index is -0.873. The van der Waals surface area contributed by atoms with Gasteiger partial charge in [0.15, 0.2) is 0 Å². The first-order valence-electron chi connectivity index (χ1n) is 8.59. The van der Waals surface area contributed by atoms with Crippen LogP contribution in [0, 0.1) is 5.92 Å². The fraction of sp³-hybridized carbons (Fsp3) is 0.381. The summed E-state index contributed by atoms with van der Waals surface area (Å²) in [6, 6.07) is 15.2. The first-order chi connectivity index (χ1) is 12.3. The van der Waals surface area contributed by atoms with E-state index in [2.05, 4.69) is 13.8 Å². The highest BCUT2D eigenvalue weighted by Crippen LogP contribution is 2.38. The van der Waals surface area contributed by atoms with E-state index in [1.165, 1.54) is 11.8 Å². The Morgan fingerprint density at radius 3 is 2.19 bits per heavy atom. The van der Waals surface area contributed by atoms with Crippen LogP contribution in [0.15, 0.2) is 48.5 Å².